The van der Waals surface area contributed by atoms with Crippen molar-refractivity contribution < 1.29 is 17.9 Å². The summed E-state index contributed by atoms with van der Waals surface area (Å²) in [6, 6.07) is 1.42. The molecule has 18 heavy (non-hydrogen) atoms. The average Bonchev–Trinajstić information content (AvgIpc) is 2.62. The molecule has 1 N–H and O–H groups in total. The Kier molecular flexibility index (Phi) is 2.80. The number of hydrogen-bond acceptors (Lipinski definition) is 1. The average molecular weight is 257 g/mol. The van der Waals surface area contributed by atoms with Crippen LogP contribution in [0.25, 0.3) is 10.9 Å². The van der Waals surface area contributed by atoms with Gasteiger partial charge in [-0.05, 0) is 33.8 Å². The Labute approximate surface area is 103 Å². The van der Waals surface area contributed by atoms with Crippen LogP contribution in [0.4, 0.5) is 13.2 Å². The molecule has 1 aromatic heterocycles. The number of aromatic nitrogens is 1. The van der Waals surface area contributed by atoms with Gasteiger partial charge in [-0.3, -0.25) is 0 Å². The third kappa shape index (κ3) is 2.05. The van der Waals surface area contributed by atoms with E-state index in [1.54, 1.807) is 27.7 Å². The van der Waals surface area contributed by atoms with Gasteiger partial charge in [0.15, 0.2) is 17.4 Å². The number of rotatable bonds is 1. The first kappa shape index (κ1) is 12.8. The molecule has 1 aromatic carbocycles. The van der Waals surface area contributed by atoms with Crippen LogP contribution in [-0.2, 0) is 0 Å². The van der Waals surface area contributed by atoms with Crippen LogP contribution in [-0.4, -0.2) is 10.6 Å². The molecule has 2 rings (SSSR count). The van der Waals surface area contributed by atoms with E-state index < -0.39 is 28.8 Å². The smallest absolute Gasteiger partial charge is 0.205 e. The molecule has 0 aliphatic rings. The van der Waals surface area contributed by atoms with Crippen molar-refractivity contribution in [1.29, 1.82) is 0 Å². The van der Waals surface area contributed by atoms with Crippen molar-refractivity contribution in [2.75, 3.05) is 0 Å². The van der Waals surface area contributed by atoms with Gasteiger partial charge in [0.1, 0.15) is 5.60 Å². The number of hydrogen-bond donors (Lipinski definition) is 1. The summed E-state index contributed by atoms with van der Waals surface area (Å²) < 4.78 is 46.8. The molecular formula is C13H14F3NO. The summed E-state index contributed by atoms with van der Waals surface area (Å²) in [5.74, 6) is -4.00. The van der Waals surface area contributed by atoms with Gasteiger partial charge in [-0.15, -0.1) is 0 Å². The normalized spacial score (nSPS) is 12.2. The number of aromatic amines is 1. The Bertz CT molecular complexity index is 611. The summed E-state index contributed by atoms with van der Waals surface area (Å²) in [6.45, 7) is 6.55. The topological polar surface area (TPSA) is 25.0 Å². The lowest BCUT2D eigenvalue weighted by molar-refractivity contribution is 0.116. The Morgan fingerprint density at radius 2 is 1.67 bits per heavy atom. The largest absolute Gasteiger partial charge is 0.482 e. The maximum Gasteiger partial charge on any atom is 0.205 e. The van der Waals surface area contributed by atoms with Gasteiger partial charge in [0.05, 0.1) is 5.52 Å². The summed E-state index contributed by atoms with van der Waals surface area (Å²) in [7, 11) is 0. The minimum absolute atomic E-state index is 0.00866. The molecule has 2 nitrogen and oxygen atoms in total. The standard InChI is InChI=1S/C13H14F3NO/c1-6-5-7-8(14)12(18-13(2,3)4)10(16)9(15)11(7)17-6/h5,17H,1-4H3. The second-order valence-electron chi connectivity index (χ2n) is 5.23. The molecule has 5 heteroatoms. The summed E-state index contributed by atoms with van der Waals surface area (Å²) >= 11 is 0. The SMILES string of the molecule is Cc1cc2c(F)c(OC(C)(C)C)c(F)c(F)c2[nH]1. The van der Waals surface area contributed by atoms with E-state index in [0.717, 1.165) is 0 Å². The molecule has 0 radical (unpaired) electrons. The summed E-state index contributed by atoms with van der Waals surface area (Å²) in [5, 5.41) is -0.00866. The van der Waals surface area contributed by atoms with E-state index in [9.17, 15) is 13.2 Å². The summed E-state index contributed by atoms with van der Waals surface area (Å²) in [5.41, 5.74) is -0.438. The van der Waals surface area contributed by atoms with E-state index in [-0.39, 0.29) is 10.9 Å². The van der Waals surface area contributed by atoms with Crippen LogP contribution in [0, 0.1) is 24.4 Å². The maximum atomic E-state index is 14.1. The van der Waals surface area contributed by atoms with E-state index in [4.69, 9.17) is 4.74 Å². The number of benzene rings is 1. The highest BCUT2D eigenvalue weighted by molar-refractivity contribution is 5.83. The van der Waals surface area contributed by atoms with Crippen molar-refractivity contribution in [3.05, 3.63) is 29.2 Å². The Morgan fingerprint density at radius 3 is 2.22 bits per heavy atom. The van der Waals surface area contributed by atoms with Gasteiger partial charge in [-0.25, -0.2) is 8.78 Å². The van der Waals surface area contributed by atoms with Crippen molar-refractivity contribution in [3.8, 4) is 5.75 Å². The van der Waals surface area contributed by atoms with Crippen LogP contribution in [0.2, 0.25) is 0 Å². The van der Waals surface area contributed by atoms with Crippen LogP contribution in [0.1, 0.15) is 26.5 Å². The lowest BCUT2D eigenvalue weighted by Gasteiger charge is -2.22. The Hall–Kier alpha value is -1.65. The summed E-state index contributed by atoms with van der Waals surface area (Å²) in [4.78, 5) is 2.59. The second kappa shape index (κ2) is 3.93. The maximum absolute atomic E-state index is 14.1. The van der Waals surface area contributed by atoms with E-state index in [0.29, 0.717) is 5.69 Å². The zero-order valence-corrected chi connectivity index (χ0v) is 10.6. The molecule has 0 spiro atoms. The molecular weight excluding hydrogens is 243 g/mol. The first-order chi connectivity index (χ1) is 8.20. The van der Waals surface area contributed by atoms with Gasteiger partial charge in [-0.1, -0.05) is 0 Å². The predicted octanol–water partition coefficient (Wildman–Crippen LogP) is 4.07. The molecule has 1 heterocycles. The van der Waals surface area contributed by atoms with Gasteiger partial charge < -0.3 is 9.72 Å². The Balaban J connectivity index is 2.74. The van der Waals surface area contributed by atoms with Crippen molar-refractivity contribution >= 4 is 10.9 Å². The third-order valence-corrected chi connectivity index (χ3v) is 2.41. The highest BCUT2D eigenvalue weighted by Crippen LogP contribution is 2.34. The van der Waals surface area contributed by atoms with E-state index in [1.807, 2.05) is 0 Å². The highest BCUT2D eigenvalue weighted by atomic mass is 19.2. The molecule has 0 saturated carbocycles. The minimum atomic E-state index is -1.31. The van der Waals surface area contributed by atoms with E-state index >= 15 is 0 Å². The fourth-order valence-corrected chi connectivity index (χ4v) is 1.76. The quantitative estimate of drug-likeness (QED) is 0.765. The molecule has 0 atom stereocenters. The zero-order valence-electron chi connectivity index (χ0n) is 10.6. The van der Waals surface area contributed by atoms with Gasteiger partial charge >= 0.3 is 0 Å². The monoisotopic (exact) mass is 257 g/mol. The molecule has 2 aromatic rings. The van der Waals surface area contributed by atoms with E-state index in [2.05, 4.69) is 4.98 Å². The van der Waals surface area contributed by atoms with Crippen LogP contribution >= 0.6 is 0 Å². The molecule has 0 fully saturated rings. The molecule has 0 saturated heterocycles. The number of ether oxygens (including phenoxy) is 1. The van der Waals surface area contributed by atoms with Crippen LogP contribution in [0.5, 0.6) is 5.75 Å². The van der Waals surface area contributed by atoms with E-state index in [1.165, 1.54) is 6.07 Å². The lowest BCUT2D eigenvalue weighted by atomic mass is 10.1. The Morgan fingerprint density at radius 1 is 1.06 bits per heavy atom. The fourth-order valence-electron chi connectivity index (χ4n) is 1.76. The van der Waals surface area contributed by atoms with Crippen LogP contribution < -0.4 is 4.74 Å². The molecule has 98 valence electrons. The molecule has 0 unspecified atom stereocenters. The number of H-pyrrole nitrogens is 1. The number of aryl methyl sites for hydroxylation is 1. The number of nitrogens with one attached hydrogen (secondary N) is 1. The van der Waals surface area contributed by atoms with Crippen molar-refractivity contribution in [2.45, 2.75) is 33.3 Å². The molecule has 0 aliphatic carbocycles. The summed E-state index contributed by atoms with van der Waals surface area (Å²) in [6.07, 6.45) is 0. The first-order valence-corrected chi connectivity index (χ1v) is 5.55. The predicted molar refractivity (Wildman–Crippen MR) is 63.3 cm³/mol. The fraction of sp³-hybridized carbons (Fsp3) is 0.385. The highest BCUT2D eigenvalue weighted by Gasteiger charge is 2.26. The molecule has 0 amide bonds. The van der Waals surface area contributed by atoms with Crippen molar-refractivity contribution in [2.24, 2.45) is 0 Å². The van der Waals surface area contributed by atoms with Crippen LogP contribution in [0.15, 0.2) is 6.07 Å². The van der Waals surface area contributed by atoms with Gasteiger partial charge in [-0.2, -0.15) is 4.39 Å². The van der Waals surface area contributed by atoms with Crippen molar-refractivity contribution in [1.82, 2.24) is 4.98 Å². The lowest BCUT2D eigenvalue weighted by Crippen LogP contribution is -2.24. The van der Waals surface area contributed by atoms with Crippen molar-refractivity contribution in [3.63, 3.8) is 0 Å². The molecule has 0 aliphatic heterocycles. The minimum Gasteiger partial charge on any atom is -0.482 e. The second-order valence-corrected chi connectivity index (χ2v) is 5.23. The third-order valence-electron chi connectivity index (χ3n) is 2.41. The first-order valence-electron chi connectivity index (χ1n) is 5.55. The van der Waals surface area contributed by atoms with Crippen LogP contribution in [0.3, 0.4) is 0 Å². The van der Waals surface area contributed by atoms with Gasteiger partial charge in [0.2, 0.25) is 5.82 Å². The van der Waals surface area contributed by atoms with Gasteiger partial charge in [0.25, 0.3) is 0 Å². The van der Waals surface area contributed by atoms with Gasteiger partial charge in [0, 0.05) is 11.1 Å². The number of fused-ring (bicyclic) bond motifs is 1. The number of halogens is 3. The molecule has 0 bridgehead atoms. The zero-order chi connectivity index (χ0) is 13.7.